The summed E-state index contributed by atoms with van der Waals surface area (Å²) < 4.78 is 0. The number of benzene rings is 1. The Morgan fingerprint density at radius 3 is 2.93 bits per heavy atom. The molecule has 2 N–H and O–H groups in total. The van der Waals surface area contributed by atoms with Gasteiger partial charge in [-0.2, -0.15) is 0 Å². The fraction of sp³-hybridized carbons (Fsp3) is 0.538. The predicted octanol–water partition coefficient (Wildman–Crippen LogP) is 2.62. The molecule has 1 aromatic rings. The molecule has 2 rings (SSSR count). The molecule has 0 heterocycles. The zero-order valence-electron chi connectivity index (χ0n) is 9.09. The smallest absolute Gasteiger partial charge is 0.000803 e. The summed E-state index contributed by atoms with van der Waals surface area (Å²) >= 11 is 0. The highest BCUT2D eigenvalue weighted by Crippen LogP contribution is 2.34. The maximum atomic E-state index is 5.83. The van der Waals surface area contributed by atoms with E-state index in [4.69, 9.17) is 5.73 Å². The van der Waals surface area contributed by atoms with Crippen LogP contribution < -0.4 is 5.73 Å². The van der Waals surface area contributed by atoms with E-state index in [2.05, 4.69) is 32.0 Å². The fourth-order valence-electron chi connectivity index (χ4n) is 2.57. The van der Waals surface area contributed by atoms with E-state index in [1.165, 1.54) is 29.5 Å². The molecule has 0 spiro atoms. The molecule has 0 fully saturated rings. The summed E-state index contributed by atoms with van der Waals surface area (Å²) in [4.78, 5) is 0. The third-order valence-electron chi connectivity index (χ3n) is 3.28. The van der Waals surface area contributed by atoms with Gasteiger partial charge in [0.05, 0.1) is 0 Å². The lowest BCUT2D eigenvalue weighted by molar-refractivity contribution is 0.436. The Morgan fingerprint density at radius 2 is 2.21 bits per heavy atom. The monoisotopic (exact) mass is 189 g/mol. The number of aryl methyl sites for hydroxylation is 1. The van der Waals surface area contributed by atoms with Crippen molar-refractivity contribution in [2.75, 3.05) is 6.54 Å². The third-order valence-corrected chi connectivity index (χ3v) is 3.28. The second-order valence-corrected chi connectivity index (χ2v) is 4.68. The van der Waals surface area contributed by atoms with Crippen molar-refractivity contribution >= 4 is 0 Å². The number of rotatable bonds is 1. The Morgan fingerprint density at radius 1 is 1.43 bits per heavy atom. The van der Waals surface area contributed by atoms with Crippen molar-refractivity contribution in [3.8, 4) is 0 Å². The molecule has 0 radical (unpaired) electrons. The molecular formula is C13H19N. The van der Waals surface area contributed by atoms with E-state index in [0.717, 1.165) is 12.5 Å². The standard InChI is InChI=1S/C13H19N/c1-9-3-4-11-5-10(2)6-12(8-14)13(11)7-9/h3-4,7,10,12H,5-6,8,14H2,1-2H3. The lowest BCUT2D eigenvalue weighted by Crippen LogP contribution is -2.22. The van der Waals surface area contributed by atoms with Gasteiger partial charge < -0.3 is 5.73 Å². The highest BCUT2D eigenvalue weighted by atomic mass is 14.6. The van der Waals surface area contributed by atoms with Crippen LogP contribution in [0.2, 0.25) is 0 Å². The van der Waals surface area contributed by atoms with E-state index in [9.17, 15) is 0 Å². The van der Waals surface area contributed by atoms with Crippen LogP contribution in [0.4, 0.5) is 0 Å². The molecule has 2 unspecified atom stereocenters. The fourth-order valence-corrected chi connectivity index (χ4v) is 2.57. The minimum Gasteiger partial charge on any atom is -0.330 e. The van der Waals surface area contributed by atoms with E-state index in [1.54, 1.807) is 0 Å². The summed E-state index contributed by atoms with van der Waals surface area (Å²) in [6.45, 7) is 5.28. The summed E-state index contributed by atoms with van der Waals surface area (Å²) in [7, 11) is 0. The normalized spacial score (nSPS) is 25.9. The lowest BCUT2D eigenvalue weighted by atomic mass is 9.77. The quantitative estimate of drug-likeness (QED) is 0.722. The van der Waals surface area contributed by atoms with Crippen LogP contribution in [0.15, 0.2) is 18.2 Å². The number of fused-ring (bicyclic) bond motifs is 1. The van der Waals surface area contributed by atoms with Gasteiger partial charge in [0, 0.05) is 0 Å². The zero-order chi connectivity index (χ0) is 10.1. The van der Waals surface area contributed by atoms with E-state index < -0.39 is 0 Å². The van der Waals surface area contributed by atoms with E-state index in [-0.39, 0.29) is 0 Å². The highest BCUT2D eigenvalue weighted by Gasteiger charge is 2.23. The minimum atomic E-state index is 0.591. The van der Waals surface area contributed by atoms with E-state index >= 15 is 0 Å². The van der Waals surface area contributed by atoms with E-state index in [1.807, 2.05) is 0 Å². The van der Waals surface area contributed by atoms with Gasteiger partial charge in [0.2, 0.25) is 0 Å². The molecule has 2 atom stereocenters. The van der Waals surface area contributed by atoms with Crippen molar-refractivity contribution in [1.29, 1.82) is 0 Å². The Hall–Kier alpha value is -0.820. The van der Waals surface area contributed by atoms with Gasteiger partial charge in [-0.25, -0.2) is 0 Å². The van der Waals surface area contributed by atoms with Crippen molar-refractivity contribution in [2.24, 2.45) is 11.7 Å². The number of nitrogens with two attached hydrogens (primary N) is 1. The Balaban J connectivity index is 2.41. The van der Waals surface area contributed by atoms with E-state index in [0.29, 0.717) is 5.92 Å². The van der Waals surface area contributed by atoms with Gasteiger partial charge in [0.25, 0.3) is 0 Å². The van der Waals surface area contributed by atoms with Gasteiger partial charge in [-0.05, 0) is 49.3 Å². The van der Waals surface area contributed by atoms with Crippen molar-refractivity contribution < 1.29 is 0 Å². The van der Waals surface area contributed by atoms with Gasteiger partial charge in [-0.3, -0.25) is 0 Å². The first-order valence-corrected chi connectivity index (χ1v) is 5.50. The molecule has 0 saturated heterocycles. The average Bonchev–Trinajstić information content (AvgIpc) is 2.17. The van der Waals surface area contributed by atoms with Crippen molar-refractivity contribution in [3.05, 3.63) is 34.9 Å². The SMILES string of the molecule is Cc1ccc2c(c1)C(CN)CC(C)C2. The topological polar surface area (TPSA) is 26.0 Å². The van der Waals surface area contributed by atoms with Crippen LogP contribution in [0.1, 0.15) is 36.0 Å². The molecule has 1 heteroatoms. The molecule has 0 bridgehead atoms. The van der Waals surface area contributed by atoms with Crippen molar-refractivity contribution in [3.63, 3.8) is 0 Å². The largest absolute Gasteiger partial charge is 0.330 e. The van der Waals surface area contributed by atoms with Crippen LogP contribution in [0.3, 0.4) is 0 Å². The predicted molar refractivity (Wildman–Crippen MR) is 60.5 cm³/mol. The second-order valence-electron chi connectivity index (χ2n) is 4.68. The summed E-state index contributed by atoms with van der Waals surface area (Å²) in [6, 6.07) is 6.81. The van der Waals surface area contributed by atoms with Crippen LogP contribution in [0.5, 0.6) is 0 Å². The second kappa shape index (κ2) is 3.74. The molecule has 1 aromatic carbocycles. The number of hydrogen-bond donors (Lipinski definition) is 1. The summed E-state index contributed by atoms with van der Waals surface area (Å²) in [5, 5.41) is 0. The molecule has 1 aliphatic rings. The molecule has 0 aliphatic heterocycles. The molecule has 14 heavy (non-hydrogen) atoms. The van der Waals surface area contributed by atoms with Gasteiger partial charge >= 0.3 is 0 Å². The summed E-state index contributed by atoms with van der Waals surface area (Å²) in [5.41, 5.74) is 10.2. The van der Waals surface area contributed by atoms with Crippen LogP contribution >= 0.6 is 0 Å². The first kappa shape index (κ1) is 9.72. The first-order valence-electron chi connectivity index (χ1n) is 5.50. The maximum absolute atomic E-state index is 5.83. The Labute approximate surface area is 86.3 Å². The number of hydrogen-bond acceptors (Lipinski definition) is 1. The molecule has 76 valence electrons. The van der Waals surface area contributed by atoms with Gasteiger partial charge in [-0.1, -0.05) is 30.7 Å². The van der Waals surface area contributed by atoms with Gasteiger partial charge in [0.1, 0.15) is 0 Å². The summed E-state index contributed by atoms with van der Waals surface area (Å²) in [5.74, 6) is 1.38. The van der Waals surface area contributed by atoms with Crippen molar-refractivity contribution in [1.82, 2.24) is 0 Å². The van der Waals surface area contributed by atoms with Crippen LogP contribution in [0.25, 0.3) is 0 Å². The molecule has 0 amide bonds. The lowest BCUT2D eigenvalue weighted by Gasteiger charge is -2.29. The summed E-state index contributed by atoms with van der Waals surface area (Å²) in [6.07, 6.45) is 2.49. The third kappa shape index (κ3) is 1.69. The molecular weight excluding hydrogens is 170 g/mol. The maximum Gasteiger partial charge on any atom is -0.000803 e. The molecule has 0 aromatic heterocycles. The highest BCUT2D eigenvalue weighted by molar-refractivity contribution is 5.36. The first-order chi connectivity index (χ1) is 6.70. The van der Waals surface area contributed by atoms with Crippen LogP contribution in [-0.4, -0.2) is 6.54 Å². The average molecular weight is 189 g/mol. The van der Waals surface area contributed by atoms with Gasteiger partial charge in [-0.15, -0.1) is 0 Å². The Kier molecular flexibility index (Phi) is 2.60. The zero-order valence-corrected chi connectivity index (χ0v) is 9.09. The minimum absolute atomic E-state index is 0.591. The van der Waals surface area contributed by atoms with Crippen LogP contribution in [0, 0.1) is 12.8 Å². The van der Waals surface area contributed by atoms with Crippen LogP contribution in [-0.2, 0) is 6.42 Å². The molecule has 1 nitrogen and oxygen atoms in total. The Bertz CT molecular complexity index is 330. The molecule has 0 saturated carbocycles. The molecule has 1 aliphatic carbocycles. The van der Waals surface area contributed by atoms with Crippen molar-refractivity contribution in [2.45, 2.75) is 32.6 Å². The van der Waals surface area contributed by atoms with Gasteiger partial charge in [0.15, 0.2) is 0 Å².